The molecule has 0 spiro atoms. The number of hydrogen-bond donors (Lipinski definition) is 0. The van der Waals surface area contributed by atoms with Gasteiger partial charge in [0, 0.05) is 0 Å². The Kier molecular flexibility index (Phi) is 4.15. The van der Waals surface area contributed by atoms with Crippen LogP contribution in [0.2, 0.25) is 0 Å². The van der Waals surface area contributed by atoms with Crippen molar-refractivity contribution in [3.8, 4) is 0 Å². The number of aryl methyl sites for hydroxylation is 1. The maximum atomic E-state index is 11.0. The van der Waals surface area contributed by atoms with Crippen LogP contribution in [-0.4, -0.2) is 13.0 Å². The molecule has 3 nitrogen and oxygen atoms in total. The average Bonchev–Trinajstić information content (AvgIpc) is 2.17. The Balaban J connectivity index is 0.00000128. The molecule has 0 aliphatic carbocycles. The maximum Gasteiger partial charge on any atom is 1.00 e. The van der Waals surface area contributed by atoms with E-state index in [1.54, 1.807) is 24.3 Å². The number of hydrogen-bond acceptors (Lipinski definition) is 3. The van der Waals surface area contributed by atoms with Crippen LogP contribution in [0.4, 0.5) is 0 Å². The third-order valence-electron chi connectivity index (χ3n) is 2.37. The van der Waals surface area contributed by atoms with E-state index in [-0.39, 0.29) is 34.5 Å². The molecule has 0 aliphatic rings. The largest absolute Gasteiger partial charge is 1.00 e. The van der Waals surface area contributed by atoms with Gasteiger partial charge in [-0.25, -0.2) is 8.42 Å². The Morgan fingerprint density at radius 2 is 1.56 bits per heavy atom. The van der Waals surface area contributed by atoms with E-state index in [2.05, 4.69) is 0 Å². The second-order valence-electron chi connectivity index (χ2n) is 3.38. The molecule has 0 N–H and O–H groups in total. The summed E-state index contributed by atoms with van der Waals surface area (Å²) in [6.45, 7) is 1.88. The molecule has 2 rings (SSSR count). The van der Waals surface area contributed by atoms with Gasteiger partial charge in [0.05, 0.1) is 4.90 Å². The first-order valence-corrected chi connectivity index (χ1v) is 5.85. The fourth-order valence-electron chi connectivity index (χ4n) is 1.64. The van der Waals surface area contributed by atoms with Crippen molar-refractivity contribution in [2.45, 2.75) is 11.8 Å². The number of rotatable bonds is 1. The first-order valence-electron chi connectivity index (χ1n) is 4.44. The summed E-state index contributed by atoms with van der Waals surface area (Å²) in [7, 11) is -4.40. The molecule has 0 aliphatic heterocycles. The zero-order chi connectivity index (χ0) is 11.1. The normalized spacial score (nSPS) is 11.1. The minimum absolute atomic E-state index is 0. The van der Waals surface area contributed by atoms with Crippen LogP contribution < -0.4 is 29.6 Å². The Bertz CT molecular complexity index is 620. The fraction of sp³-hybridized carbons (Fsp3) is 0.0909. The van der Waals surface area contributed by atoms with E-state index >= 15 is 0 Å². The van der Waals surface area contributed by atoms with Crippen LogP contribution in [0.5, 0.6) is 0 Å². The summed E-state index contributed by atoms with van der Waals surface area (Å²) in [6.07, 6.45) is 0. The standard InChI is InChI=1S/C11H10O3S.Na/c1-8-6-7-11(15(12,13)14)10-5-3-2-4-9(8)10;/h2-7H,1H3,(H,12,13,14);/q;+1/p-1. The molecular weight excluding hydrogens is 235 g/mol. The van der Waals surface area contributed by atoms with Crippen LogP contribution in [0.1, 0.15) is 5.56 Å². The van der Waals surface area contributed by atoms with E-state index in [0.717, 1.165) is 10.9 Å². The summed E-state index contributed by atoms with van der Waals surface area (Å²) < 4.78 is 33.0. The topological polar surface area (TPSA) is 57.2 Å². The molecule has 0 atom stereocenters. The molecule has 2 aromatic carbocycles. The zero-order valence-corrected chi connectivity index (χ0v) is 11.9. The summed E-state index contributed by atoms with van der Waals surface area (Å²) in [4.78, 5) is -0.149. The molecule has 78 valence electrons. The van der Waals surface area contributed by atoms with E-state index in [0.29, 0.717) is 5.39 Å². The van der Waals surface area contributed by atoms with Crippen LogP contribution in [0.15, 0.2) is 41.3 Å². The molecule has 16 heavy (non-hydrogen) atoms. The van der Waals surface area contributed by atoms with E-state index < -0.39 is 10.1 Å². The van der Waals surface area contributed by atoms with Gasteiger partial charge >= 0.3 is 29.6 Å². The van der Waals surface area contributed by atoms with E-state index in [1.165, 1.54) is 6.07 Å². The predicted molar refractivity (Wildman–Crippen MR) is 56.6 cm³/mol. The Hall–Kier alpha value is -0.390. The molecule has 0 saturated heterocycles. The molecule has 0 amide bonds. The second kappa shape index (κ2) is 4.85. The minimum Gasteiger partial charge on any atom is -0.744 e. The van der Waals surface area contributed by atoms with E-state index in [9.17, 15) is 13.0 Å². The molecular formula is C11H9NaO3S. The van der Waals surface area contributed by atoms with Gasteiger partial charge in [0.2, 0.25) is 0 Å². The summed E-state index contributed by atoms with van der Waals surface area (Å²) in [5, 5.41) is 1.29. The molecule has 0 unspecified atom stereocenters. The smallest absolute Gasteiger partial charge is 0.744 e. The summed E-state index contributed by atoms with van der Waals surface area (Å²) in [6, 6.07) is 9.99. The number of fused-ring (bicyclic) bond motifs is 1. The van der Waals surface area contributed by atoms with E-state index in [1.807, 2.05) is 13.0 Å². The van der Waals surface area contributed by atoms with Gasteiger partial charge in [-0.2, -0.15) is 0 Å². The Morgan fingerprint density at radius 3 is 2.12 bits per heavy atom. The number of benzene rings is 2. The van der Waals surface area contributed by atoms with Gasteiger partial charge in [-0.1, -0.05) is 30.3 Å². The van der Waals surface area contributed by atoms with Gasteiger partial charge in [-0.15, -0.1) is 0 Å². The van der Waals surface area contributed by atoms with Crippen molar-refractivity contribution in [2.75, 3.05) is 0 Å². The van der Waals surface area contributed by atoms with Crippen molar-refractivity contribution in [3.63, 3.8) is 0 Å². The first-order chi connectivity index (χ1) is 7.00. The predicted octanol–water partition coefficient (Wildman–Crippen LogP) is -0.944. The molecule has 0 aromatic heterocycles. The maximum absolute atomic E-state index is 11.0. The van der Waals surface area contributed by atoms with Crippen LogP contribution in [0.3, 0.4) is 0 Å². The third kappa shape index (κ3) is 2.47. The van der Waals surface area contributed by atoms with Crippen LogP contribution in [0.25, 0.3) is 10.8 Å². The van der Waals surface area contributed by atoms with Crippen molar-refractivity contribution in [3.05, 3.63) is 42.0 Å². The third-order valence-corrected chi connectivity index (χ3v) is 3.27. The molecule has 0 heterocycles. The van der Waals surface area contributed by atoms with Gasteiger partial charge in [-0.05, 0) is 29.3 Å². The van der Waals surface area contributed by atoms with Gasteiger partial charge in [0.15, 0.2) is 0 Å². The molecule has 2 aromatic rings. The van der Waals surface area contributed by atoms with Crippen LogP contribution >= 0.6 is 0 Å². The Labute approximate surface area is 117 Å². The molecule has 0 fully saturated rings. The van der Waals surface area contributed by atoms with Crippen molar-refractivity contribution < 1.29 is 42.5 Å². The SMILES string of the molecule is Cc1ccc(S(=O)(=O)[O-])c2ccccc12.[Na+]. The van der Waals surface area contributed by atoms with Crippen molar-refractivity contribution >= 4 is 20.9 Å². The first kappa shape index (κ1) is 13.7. The summed E-state index contributed by atoms with van der Waals surface area (Å²) in [5.74, 6) is 0. The monoisotopic (exact) mass is 244 g/mol. The van der Waals surface area contributed by atoms with Gasteiger partial charge < -0.3 is 4.55 Å². The summed E-state index contributed by atoms with van der Waals surface area (Å²) in [5.41, 5.74) is 0.956. The van der Waals surface area contributed by atoms with E-state index in [4.69, 9.17) is 0 Å². The van der Waals surface area contributed by atoms with Crippen molar-refractivity contribution in [2.24, 2.45) is 0 Å². The zero-order valence-electron chi connectivity index (χ0n) is 9.10. The molecule has 0 radical (unpaired) electrons. The molecule has 5 heteroatoms. The quantitative estimate of drug-likeness (QED) is 0.480. The Morgan fingerprint density at radius 1 is 1.00 bits per heavy atom. The molecule has 0 bridgehead atoms. The van der Waals surface area contributed by atoms with Gasteiger partial charge in [0.1, 0.15) is 10.1 Å². The van der Waals surface area contributed by atoms with Crippen molar-refractivity contribution in [1.82, 2.24) is 0 Å². The van der Waals surface area contributed by atoms with Crippen molar-refractivity contribution in [1.29, 1.82) is 0 Å². The van der Waals surface area contributed by atoms with Crippen LogP contribution in [-0.2, 0) is 10.1 Å². The fourth-order valence-corrected chi connectivity index (χ4v) is 2.32. The van der Waals surface area contributed by atoms with Gasteiger partial charge in [0.25, 0.3) is 0 Å². The average molecular weight is 244 g/mol. The summed E-state index contributed by atoms with van der Waals surface area (Å²) >= 11 is 0. The minimum atomic E-state index is -4.40. The second-order valence-corrected chi connectivity index (χ2v) is 4.73. The van der Waals surface area contributed by atoms with Gasteiger partial charge in [-0.3, -0.25) is 0 Å². The van der Waals surface area contributed by atoms with Crippen LogP contribution in [0, 0.1) is 6.92 Å². The molecule has 0 saturated carbocycles.